The van der Waals surface area contributed by atoms with E-state index in [9.17, 15) is 0 Å². The first-order valence-electron chi connectivity index (χ1n) is 7.91. The third-order valence-corrected chi connectivity index (χ3v) is 4.64. The topological polar surface area (TPSA) is 60.2 Å². The number of nitrogens with one attached hydrogen (secondary N) is 1. The van der Waals surface area contributed by atoms with Gasteiger partial charge < -0.3 is 14.6 Å². The Hall–Kier alpha value is -0.940. The smallest absolute Gasteiger partial charge is 0.226 e. The van der Waals surface area contributed by atoms with Crippen molar-refractivity contribution in [3.8, 4) is 0 Å². The maximum absolute atomic E-state index is 5.41. The zero-order valence-corrected chi connectivity index (χ0v) is 12.3. The maximum Gasteiger partial charge on any atom is 0.226 e. The zero-order chi connectivity index (χ0) is 13.8. The van der Waals surface area contributed by atoms with Gasteiger partial charge in [-0.3, -0.25) is 0 Å². The Balaban J connectivity index is 1.50. The molecular weight excluding hydrogens is 254 g/mol. The second-order valence-electron chi connectivity index (χ2n) is 6.33. The van der Waals surface area contributed by atoms with Gasteiger partial charge >= 0.3 is 0 Å². The Kier molecular flexibility index (Phi) is 4.68. The Labute approximate surface area is 120 Å². The molecule has 0 saturated carbocycles. The highest BCUT2D eigenvalue weighted by molar-refractivity contribution is 4.91. The van der Waals surface area contributed by atoms with Gasteiger partial charge in [0.25, 0.3) is 0 Å². The van der Waals surface area contributed by atoms with Gasteiger partial charge in [0.1, 0.15) is 0 Å². The fourth-order valence-corrected chi connectivity index (χ4v) is 3.27. The van der Waals surface area contributed by atoms with E-state index in [0.717, 1.165) is 63.2 Å². The molecular formula is C15H25N3O2. The third-order valence-electron chi connectivity index (χ3n) is 4.64. The van der Waals surface area contributed by atoms with Crippen LogP contribution < -0.4 is 5.32 Å². The molecule has 5 nitrogen and oxygen atoms in total. The van der Waals surface area contributed by atoms with E-state index in [1.54, 1.807) is 0 Å². The minimum atomic E-state index is 0.570. The fraction of sp³-hybridized carbons (Fsp3) is 0.867. The van der Waals surface area contributed by atoms with Crippen molar-refractivity contribution in [3.63, 3.8) is 0 Å². The van der Waals surface area contributed by atoms with Crippen LogP contribution in [0.15, 0.2) is 4.52 Å². The average molecular weight is 279 g/mol. The molecule has 1 aromatic heterocycles. The molecule has 2 fully saturated rings. The number of rotatable bonds is 5. The third kappa shape index (κ3) is 3.58. The molecule has 2 aliphatic rings. The molecule has 20 heavy (non-hydrogen) atoms. The molecule has 0 radical (unpaired) electrons. The number of piperidine rings is 1. The highest BCUT2D eigenvalue weighted by Crippen LogP contribution is 2.23. The molecule has 0 aromatic carbocycles. The van der Waals surface area contributed by atoms with Crippen LogP contribution in [0.4, 0.5) is 0 Å². The summed E-state index contributed by atoms with van der Waals surface area (Å²) in [5, 5.41) is 7.60. The van der Waals surface area contributed by atoms with Crippen LogP contribution in [0.3, 0.4) is 0 Å². The van der Waals surface area contributed by atoms with Crippen molar-refractivity contribution in [2.24, 2.45) is 17.8 Å². The number of ether oxygens (including phenoxy) is 1. The number of aromatic nitrogens is 2. The largest absolute Gasteiger partial charge is 0.381 e. The van der Waals surface area contributed by atoms with Gasteiger partial charge in [-0.2, -0.15) is 4.98 Å². The number of hydrogen-bond donors (Lipinski definition) is 1. The van der Waals surface area contributed by atoms with E-state index in [1.165, 1.54) is 12.8 Å². The average Bonchev–Trinajstić information content (AvgIpc) is 3.12. The fourth-order valence-electron chi connectivity index (χ4n) is 3.27. The summed E-state index contributed by atoms with van der Waals surface area (Å²) in [4.78, 5) is 4.55. The summed E-state index contributed by atoms with van der Waals surface area (Å²) in [6.45, 7) is 6.31. The van der Waals surface area contributed by atoms with Crippen molar-refractivity contribution in [2.45, 2.75) is 39.0 Å². The van der Waals surface area contributed by atoms with Crippen molar-refractivity contribution >= 4 is 0 Å². The lowest BCUT2D eigenvalue weighted by Crippen LogP contribution is -2.33. The molecule has 3 heterocycles. The van der Waals surface area contributed by atoms with Gasteiger partial charge in [0.15, 0.2) is 5.82 Å². The van der Waals surface area contributed by atoms with Crippen molar-refractivity contribution in [1.82, 2.24) is 15.5 Å². The quantitative estimate of drug-likeness (QED) is 0.891. The van der Waals surface area contributed by atoms with Crippen LogP contribution in [-0.4, -0.2) is 36.4 Å². The van der Waals surface area contributed by atoms with E-state index in [0.29, 0.717) is 11.8 Å². The molecule has 2 saturated heterocycles. The second-order valence-corrected chi connectivity index (χ2v) is 6.33. The minimum absolute atomic E-state index is 0.570. The monoisotopic (exact) mass is 279 g/mol. The molecule has 1 N–H and O–H groups in total. The van der Waals surface area contributed by atoms with E-state index < -0.39 is 0 Å². The maximum atomic E-state index is 5.41. The van der Waals surface area contributed by atoms with Gasteiger partial charge in [-0.15, -0.1) is 0 Å². The molecule has 5 heteroatoms. The van der Waals surface area contributed by atoms with Crippen LogP contribution in [0.1, 0.15) is 37.9 Å². The van der Waals surface area contributed by atoms with Crippen LogP contribution in [0.2, 0.25) is 0 Å². The summed E-state index contributed by atoms with van der Waals surface area (Å²) in [7, 11) is 0. The molecule has 112 valence electrons. The lowest BCUT2D eigenvalue weighted by Gasteiger charge is -2.27. The van der Waals surface area contributed by atoms with Crippen LogP contribution in [-0.2, 0) is 17.6 Å². The van der Waals surface area contributed by atoms with Crippen LogP contribution in [0.25, 0.3) is 0 Å². The van der Waals surface area contributed by atoms with Crippen LogP contribution in [0, 0.1) is 17.8 Å². The Morgan fingerprint density at radius 2 is 2.35 bits per heavy atom. The summed E-state index contributed by atoms with van der Waals surface area (Å²) in [5.41, 5.74) is 0. The second kappa shape index (κ2) is 6.68. The molecule has 0 amide bonds. The van der Waals surface area contributed by atoms with Gasteiger partial charge in [-0.25, -0.2) is 0 Å². The first-order valence-corrected chi connectivity index (χ1v) is 7.91. The highest BCUT2D eigenvalue weighted by atomic mass is 16.5. The predicted octanol–water partition coefficient (Wildman–Crippen LogP) is 1.83. The highest BCUT2D eigenvalue weighted by Gasteiger charge is 2.23. The summed E-state index contributed by atoms with van der Waals surface area (Å²) >= 11 is 0. The van der Waals surface area contributed by atoms with Crippen molar-refractivity contribution in [2.75, 3.05) is 26.3 Å². The Bertz CT molecular complexity index is 409. The van der Waals surface area contributed by atoms with E-state index in [2.05, 4.69) is 22.4 Å². The molecule has 3 rings (SSSR count). The number of nitrogens with zero attached hydrogens (tertiary/aromatic N) is 2. The van der Waals surface area contributed by atoms with E-state index in [1.807, 2.05) is 0 Å². The van der Waals surface area contributed by atoms with E-state index in [4.69, 9.17) is 9.26 Å². The van der Waals surface area contributed by atoms with Gasteiger partial charge in [-0.05, 0) is 50.1 Å². The molecule has 2 aliphatic heterocycles. The molecule has 0 spiro atoms. The number of hydrogen-bond acceptors (Lipinski definition) is 5. The lowest BCUT2D eigenvalue weighted by molar-refractivity contribution is 0.185. The molecule has 0 aliphatic carbocycles. The minimum Gasteiger partial charge on any atom is -0.381 e. The molecule has 3 atom stereocenters. The van der Waals surface area contributed by atoms with Crippen molar-refractivity contribution in [1.29, 1.82) is 0 Å². The van der Waals surface area contributed by atoms with E-state index in [-0.39, 0.29) is 0 Å². The Morgan fingerprint density at radius 1 is 1.40 bits per heavy atom. The van der Waals surface area contributed by atoms with Crippen molar-refractivity contribution < 1.29 is 9.26 Å². The molecule has 1 aromatic rings. The summed E-state index contributed by atoms with van der Waals surface area (Å²) in [5.74, 6) is 3.56. The SMILES string of the molecule is CC(Cc1nc(CC2CCOC2)no1)C1CCCNC1. The van der Waals surface area contributed by atoms with Gasteiger partial charge in [0.05, 0.1) is 0 Å². The van der Waals surface area contributed by atoms with Crippen LogP contribution in [0.5, 0.6) is 0 Å². The lowest BCUT2D eigenvalue weighted by atomic mass is 9.85. The first kappa shape index (κ1) is 14.0. The zero-order valence-electron chi connectivity index (χ0n) is 12.3. The molecule has 3 unspecified atom stereocenters. The standard InChI is InChI=1S/C15H25N3O2/c1-11(13-3-2-5-16-9-13)7-15-17-14(18-20-15)8-12-4-6-19-10-12/h11-13,16H,2-10H2,1H3. The summed E-state index contributed by atoms with van der Waals surface area (Å²) in [6.07, 6.45) is 5.51. The van der Waals surface area contributed by atoms with Gasteiger partial charge in [-0.1, -0.05) is 12.1 Å². The van der Waals surface area contributed by atoms with E-state index >= 15 is 0 Å². The first-order chi connectivity index (χ1) is 9.81. The summed E-state index contributed by atoms with van der Waals surface area (Å²) < 4.78 is 10.8. The normalized spacial score (nSPS) is 28.6. The van der Waals surface area contributed by atoms with Crippen molar-refractivity contribution in [3.05, 3.63) is 11.7 Å². The van der Waals surface area contributed by atoms with Gasteiger partial charge in [0, 0.05) is 26.1 Å². The van der Waals surface area contributed by atoms with Crippen LogP contribution >= 0.6 is 0 Å². The Morgan fingerprint density at radius 3 is 3.10 bits per heavy atom. The molecule has 0 bridgehead atoms. The summed E-state index contributed by atoms with van der Waals surface area (Å²) in [6, 6.07) is 0. The van der Waals surface area contributed by atoms with Gasteiger partial charge in [0.2, 0.25) is 5.89 Å². The predicted molar refractivity (Wildman–Crippen MR) is 75.4 cm³/mol.